The lowest BCUT2D eigenvalue weighted by atomic mass is 10.4. The standard InChI is InChI=1S/C8H7N5O/c14-6-11-7-1-2-8(10-3-7)13-5-9-4-12-13/h1-6H,(H,11,14). The Morgan fingerprint density at radius 3 is 2.93 bits per heavy atom. The Bertz CT molecular complexity index is 408. The molecule has 0 aromatic carbocycles. The number of anilines is 1. The maximum Gasteiger partial charge on any atom is 0.211 e. The molecule has 0 bridgehead atoms. The van der Waals surface area contributed by atoms with Crippen LogP contribution < -0.4 is 5.32 Å². The molecule has 2 aromatic heterocycles. The normalized spacial score (nSPS) is 9.71. The van der Waals surface area contributed by atoms with Crippen LogP contribution in [0.2, 0.25) is 0 Å². The summed E-state index contributed by atoms with van der Waals surface area (Å²) in [6, 6.07) is 3.47. The molecule has 6 nitrogen and oxygen atoms in total. The van der Waals surface area contributed by atoms with Gasteiger partial charge in [-0.3, -0.25) is 4.79 Å². The van der Waals surface area contributed by atoms with Gasteiger partial charge < -0.3 is 5.32 Å². The summed E-state index contributed by atoms with van der Waals surface area (Å²) in [5.41, 5.74) is 0.642. The van der Waals surface area contributed by atoms with Crippen molar-refractivity contribution in [1.82, 2.24) is 19.7 Å². The molecule has 0 atom stereocenters. The molecule has 2 rings (SSSR count). The van der Waals surface area contributed by atoms with Gasteiger partial charge >= 0.3 is 0 Å². The average Bonchev–Trinajstić information content (AvgIpc) is 2.72. The van der Waals surface area contributed by atoms with Gasteiger partial charge in [0.2, 0.25) is 6.41 Å². The highest BCUT2D eigenvalue weighted by Crippen LogP contribution is 2.06. The minimum absolute atomic E-state index is 0.603. The van der Waals surface area contributed by atoms with E-state index < -0.39 is 0 Å². The molecule has 6 heteroatoms. The zero-order chi connectivity index (χ0) is 9.80. The minimum atomic E-state index is 0.603. The van der Waals surface area contributed by atoms with Crippen molar-refractivity contribution >= 4 is 12.1 Å². The first-order valence-corrected chi connectivity index (χ1v) is 3.91. The maximum atomic E-state index is 10.1. The maximum absolute atomic E-state index is 10.1. The van der Waals surface area contributed by atoms with Crippen molar-refractivity contribution in [3.63, 3.8) is 0 Å². The molecule has 14 heavy (non-hydrogen) atoms. The van der Waals surface area contributed by atoms with Crippen LogP contribution in [0.15, 0.2) is 31.0 Å². The van der Waals surface area contributed by atoms with E-state index in [0.29, 0.717) is 17.9 Å². The summed E-state index contributed by atoms with van der Waals surface area (Å²) in [6.45, 7) is 0. The van der Waals surface area contributed by atoms with Gasteiger partial charge in [-0.05, 0) is 12.1 Å². The minimum Gasteiger partial charge on any atom is -0.327 e. The summed E-state index contributed by atoms with van der Waals surface area (Å²) in [5.74, 6) is 0.652. The van der Waals surface area contributed by atoms with Crippen molar-refractivity contribution in [2.24, 2.45) is 0 Å². The molecule has 0 aliphatic carbocycles. The van der Waals surface area contributed by atoms with Crippen molar-refractivity contribution < 1.29 is 4.79 Å². The average molecular weight is 189 g/mol. The van der Waals surface area contributed by atoms with Gasteiger partial charge in [-0.15, -0.1) is 0 Å². The highest BCUT2D eigenvalue weighted by Gasteiger charge is 1.97. The fourth-order valence-corrected chi connectivity index (χ4v) is 1.00. The van der Waals surface area contributed by atoms with Gasteiger partial charge in [-0.25, -0.2) is 14.6 Å². The molecule has 1 amide bonds. The van der Waals surface area contributed by atoms with Crippen LogP contribution in [0.1, 0.15) is 0 Å². The molecule has 1 N–H and O–H groups in total. The molecule has 2 aromatic rings. The van der Waals surface area contributed by atoms with E-state index in [1.54, 1.807) is 24.7 Å². The lowest BCUT2D eigenvalue weighted by Crippen LogP contribution is -1.99. The first kappa shape index (κ1) is 8.36. The van der Waals surface area contributed by atoms with Crippen molar-refractivity contribution in [1.29, 1.82) is 0 Å². The van der Waals surface area contributed by atoms with Crippen LogP contribution in [0.25, 0.3) is 5.82 Å². The third-order valence-corrected chi connectivity index (χ3v) is 1.63. The van der Waals surface area contributed by atoms with E-state index in [2.05, 4.69) is 20.4 Å². The molecule has 0 saturated heterocycles. The molecule has 0 aliphatic rings. The number of hydrogen-bond donors (Lipinski definition) is 1. The summed E-state index contributed by atoms with van der Waals surface area (Å²) >= 11 is 0. The fourth-order valence-electron chi connectivity index (χ4n) is 1.00. The molecule has 0 radical (unpaired) electrons. The van der Waals surface area contributed by atoms with Gasteiger partial charge in [0.15, 0.2) is 5.82 Å². The van der Waals surface area contributed by atoms with Gasteiger partial charge in [0, 0.05) is 0 Å². The molecule has 0 spiro atoms. The summed E-state index contributed by atoms with van der Waals surface area (Å²) in [6.07, 6.45) is 5.13. The molecule has 0 unspecified atom stereocenters. The first-order chi connectivity index (χ1) is 6.90. The van der Waals surface area contributed by atoms with Crippen LogP contribution in [0.5, 0.6) is 0 Å². The van der Waals surface area contributed by atoms with Crippen LogP contribution in [0.3, 0.4) is 0 Å². The van der Waals surface area contributed by atoms with Crippen molar-refractivity contribution in [3.05, 3.63) is 31.0 Å². The second-order valence-corrected chi connectivity index (χ2v) is 2.51. The number of amides is 1. The lowest BCUT2D eigenvalue weighted by molar-refractivity contribution is -0.105. The van der Waals surface area contributed by atoms with Gasteiger partial charge in [0.05, 0.1) is 11.9 Å². The Morgan fingerprint density at radius 1 is 1.43 bits per heavy atom. The molecule has 0 aliphatic heterocycles. The van der Waals surface area contributed by atoms with Crippen molar-refractivity contribution in [2.45, 2.75) is 0 Å². The first-order valence-electron chi connectivity index (χ1n) is 3.91. The van der Waals surface area contributed by atoms with E-state index in [9.17, 15) is 4.79 Å². The smallest absolute Gasteiger partial charge is 0.211 e. The van der Waals surface area contributed by atoms with Gasteiger partial charge in [-0.2, -0.15) is 5.10 Å². The Hall–Kier alpha value is -2.24. The Balaban J connectivity index is 2.26. The molecular weight excluding hydrogens is 182 g/mol. The Morgan fingerprint density at radius 2 is 2.36 bits per heavy atom. The van der Waals surface area contributed by atoms with Crippen LogP contribution in [0, 0.1) is 0 Å². The number of nitrogens with zero attached hydrogens (tertiary/aromatic N) is 4. The molecule has 0 fully saturated rings. The third-order valence-electron chi connectivity index (χ3n) is 1.63. The second kappa shape index (κ2) is 3.65. The number of aromatic nitrogens is 4. The number of pyridine rings is 1. The van der Waals surface area contributed by atoms with E-state index in [-0.39, 0.29) is 0 Å². The number of rotatable bonds is 3. The zero-order valence-electron chi connectivity index (χ0n) is 7.16. The van der Waals surface area contributed by atoms with E-state index in [1.807, 2.05) is 0 Å². The van der Waals surface area contributed by atoms with Gasteiger partial charge in [0.1, 0.15) is 12.7 Å². The highest BCUT2D eigenvalue weighted by molar-refractivity contribution is 5.70. The monoisotopic (exact) mass is 189 g/mol. The van der Waals surface area contributed by atoms with Crippen molar-refractivity contribution in [3.8, 4) is 5.82 Å². The number of carbonyl (C=O) groups is 1. The Kier molecular flexibility index (Phi) is 2.18. The van der Waals surface area contributed by atoms with E-state index in [0.717, 1.165) is 0 Å². The molecule has 70 valence electrons. The largest absolute Gasteiger partial charge is 0.327 e. The predicted octanol–water partition coefficient (Wildman–Crippen LogP) is 0.231. The number of carbonyl (C=O) groups excluding carboxylic acids is 1. The summed E-state index contributed by atoms with van der Waals surface area (Å²) < 4.78 is 1.53. The van der Waals surface area contributed by atoms with Crippen LogP contribution in [-0.2, 0) is 4.79 Å². The third kappa shape index (κ3) is 1.58. The van der Waals surface area contributed by atoms with E-state index in [4.69, 9.17) is 0 Å². The van der Waals surface area contributed by atoms with Crippen molar-refractivity contribution in [2.75, 3.05) is 5.32 Å². The van der Waals surface area contributed by atoms with E-state index in [1.165, 1.54) is 11.0 Å². The number of nitrogens with one attached hydrogen (secondary N) is 1. The quantitative estimate of drug-likeness (QED) is 0.701. The predicted molar refractivity (Wildman–Crippen MR) is 48.8 cm³/mol. The lowest BCUT2D eigenvalue weighted by Gasteiger charge is -2.00. The van der Waals surface area contributed by atoms with Crippen LogP contribution in [0.4, 0.5) is 5.69 Å². The van der Waals surface area contributed by atoms with Crippen LogP contribution in [-0.4, -0.2) is 26.2 Å². The fraction of sp³-hybridized carbons (Fsp3) is 0. The number of hydrogen-bond acceptors (Lipinski definition) is 4. The van der Waals surface area contributed by atoms with Gasteiger partial charge in [-0.1, -0.05) is 0 Å². The van der Waals surface area contributed by atoms with Crippen LogP contribution >= 0.6 is 0 Å². The highest BCUT2D eigenvalue weighted by atomic mass is 16.1. The topological polar surface area (TPSA) is 72.7 Å². The second-order valence-electron chi connectivity index (χ2n) is 2.51. The SMILES string of the molecule is O=CNc1ccc(-n2cncn2)nc1. The molecule has 2 heterocycles. The van der Waals surface area contributed by atoms with E-state index >= 15 is 0 Å². The summed E-state index contributed by atoms with van der Waals surface area (Å²) in [7, 11) is 0. The summed E-state index contributed by atoms with van der Waals surface area (Å²) in [5, 5.41) is 6.41. The Labute approximate surface area is 79.6 Å². The summed E-state index contributed by atoms with van der Waals surface area (Å²) in [4.78, 5) is 18.0. The zero-order valence-corrected chi connectivity index (χ0v) is 7.16. The molecule has 0 saturated carbocycles. The van der Waals surface area contributed by atoms with Gasteiger partial charge in [0.25, 0.3) is 0 Å². The molecular formula is C8H7N5O.